The van der Waals surface area contributed by atoms with Crippen LogP contribution >= 0.6 is 0 Å². The lowest BCUT2D eigenvalue weighted by Crippen LogP contribution is -2.06. The van der Waals surface area contributed by atoms with Crippen molar-refractivity contribution < 1.29 is 9.94 Å². The largest absolute Gasteiger partial charge is 0.733 e. The fourth-order valence-corrected chi connectivity index (χ4v) is 3.03. The summed E-state index contributed by atoms with van der Waals surface area (Å²) in [5, 5.41) is 20.2. The molecule has 3 aromatic carbocycles. The van der Waals surface area contributed by atoms with Gasteiger partial charge < -0.3 is 20.9 Å². The van der Waals surface area contributed by atoms with Gasteiger partial charge in [0.2, 0.25) is 0 Å². The minimum Gasteiger partial charge on any atom is -0.733 e. The molecule has 0 bridgehead atoms. The molecule has 26 heavy (non-hydrogen) atoms. The molecule has 0 unspecified atom stereocenters. The summed E-state index contributed by atoms with van der Waals surface area (Å²) in [6, 6.07) is 20.9. The van der Waals surface area contributed by atoms with Crippen LogP contribution in [0.25, 0.3) is 11.1 Å². The first kappa shape index (κ1) is 17.9. The van der Waals surface area contributed by atoms with Crippen LogP contribution in [0.15, 0.2) is 66.7 Å². The average Bonchev–Trinajstić information content (AvgIpc) is 2.68. The molecule has 0 aliphatic carbocycles. The number of nitrogens with two attached hydrogens (primary N) is 1. The Morgan fingerprint density at radius 3 is 2.46 bits per heavy atom. The van der Waals surface area contributed by atoms with E-state index in [4.69, 9.17) is 15.7 Å². The molecule has 0 aromatic heterocycles. The maximum Gasteiger partial charge on any atom is 0.126 e. The Labute approximate surface area is 152 Å². The third-order valence-electron chi connectivity index (χ3n) is 4.37. The van der Waals surface area contributed by atoms with E-state index in [9.17, 15) is 5.21 Å². The van der Waals surface area contributed by atoms with Gasteiger partial charge in [-0.1, -0.05) is 42.5 Å². The summed E-state index contributed by atoms with van der Waals surface area (Å²) in [6.45, 7) is 0.497. The van der Waals surface area contributed by atoms with Crippen molar-refractivity contribution in [3.63, 3.8) is 0 Å². The Hall–Kier alpha value is -2.86. The molecule has 3 rings (SSSR count). The standard InChI is InChI=1S/C21H21N2O3/c1-26-21-10-9-15(11-16-5-2-3-6-18(16)14-22)12-20(21)17-7-4-8-19(13-17)23(24)25/h2-10,12-13,24H,11,14,22H2,1H3/q-1. The van der Waals surface area contributed by atoms with Crippen molar-refractivity contribution in [2.45, 2.75) is 13.0 Å². The van der Waals surface area contributed by atoms with Gasteiger partial charge in [0, 0.05) is 12.1 Å². The van der Waals surface area contributed by atoms with Crippen LogP contribution in [0.5, 0.6) is 5.75 Å². The first-order valence-corrected chi connectivity index (χ1v) is 8.32. The molecule has 0 amide bonds. The Bertz CT molecular complexity index is 894. The third-order valence-corrected chi connectivity index (χ3v) is 4.37. The van der Waals surface area contributed by atoms with Crippen molar-refractivity contribution in [2.75, 3.05) is 12.3 Å². The molecule has 0 heterocycles. The van der Waals surface area contributed by atoms with E-state index in [1.165, 1.54) is 5.56 Å². The molecule has 0 fully saturated rings. The van der Waals surface area contributed by atoms with Crippen LogP contribution in [-0.4, -0.2) is 12.3 Å². The van der Waals surface area contributed by atoms with Crippen LogP contribution in [0.4, 0.5) is 5.69 Å². The molecule has 0 saturated carbocycles. The molecule has 0 aliphatic rings. The molecule has 0 atom stereocenters. The average molecular weight is 349 g/mol. The summed E-state index contributed by atoms with van der Waals surface area (Å²) in [4.78, 5) is 0. The van der Waals surface area contributed by atoms with Gasteiger partial charge in [0.05, 0.1) is 12.8 Å². The number of rotatable bonds is 6. The quantitative estimate of drug-likeness (QED) is 0.655. The first-order chi connectivity index (χ1) is 12.6. The fraction of sp³-hybridized carbons (Fsp3) is 0.143. The van der Waals surface area contributed by atoms with E-state index in [-0.39, 0.29) is 10.9 Å². The second-order valence-corrected chi connectivity index (χ2v) is 6.01. The van der Waals surface area contributed by atoms with Crippen molar-refractivity contribution in [3.05, 3.63) is 88.6 Å². The summed E-state index contributed by atoms with van der Waals surface area (Å²) in [6.07, 6.45) is 0.748. The van der Waals surface area contributed by atoms with E-state index in [1.54, 1.807) is 25.3 Å². The van der Waals surface area contributed by atoms with Crippen molar-refractivity contribution in [3.8, 4) is 16.9 Å². The minimum atomic E-state index is -0.142. The normalized spacial score (nSPS) is 10.6. The molecule has 5 nitrogen and oxygen atoms in total. The van der Waals surface area contributed by atoms with Gasteiger partial charge in [0.25, 0.3) is 0 Å². The Balaban J connectivity index is 2.00. The van der Waals surface area contributed by atoms with Crippen LogP contribution in [0, 0.1) is 5.21 Å². The summed E-state index contributed by atoms with van der Waals surface area (Å²) >= 11 is 0. The molecular formula is C21H21N2O3-. The van der Waals surface area contributed by atoms with Gasteiger partial charge in [-0.25, -0.2) is 0 Å². The SMILES string of the molecule is COc1ccc(Cc2ccccc2CN)cc1-c1cccc(N([O-])O)c1. The molecular weight excluding hydrogens is 328 g/mol. The number of anilines is 1. The second-order valence-electron chi connectivity index (χ2n) is 6.01. The monoisotopic (exact) mass is 349 g/mol. The van der Waals surface area contributed by atoms with Crippen molar-refractivity contribution in [1.82, 2.24) is 0 Å². The number of hydrogen-bond donors (Lipinski definition) is 2. The van der Waals surface area contributed by atoms with Gasteiger partial charge in [-0.15, -0.1) is 0 Å². The van der Waals surface area contributed by atoms with Crippen LogP contribution in [0.2, 0.25) is 0 Å². The smallest absolute Gasteiger partial charge is 0.126 e. The lowest BCUT2D eigenvalue weighted by Gasteiger charge is -2.22. The van der Waals surface area contributed by atoms with E-state index in [2.05, 4.69) is 6.07 Å². The van der Waals surface area contributed by atoms with Gasteiger partial charge in [-0.3, -0.25) is 5.21 Å². The van der Waals surface area contributed by atoms with E-state index >= 15 is 0 Å². The predicted molar refractivity (Wildman–Crippen MR) is 103 cm³/mol. The number of benzene rings is 3. The summed E-state index contributed by atoms with van der Waals surface area (Å²) < 4.78 is 5.48. The molecule has 0 spiro atoms. The molecule has 0 radical (unpaired) electrons. The Morgan fingerprint density at radius 2 is 1.77 bits per heavy atom. The van der Waals surface area contributed by atoms with Gasteiger partial charge in [-0.2, -0.15) is 0 Å². The summed E-state index contributed by atoms with van der Waals surface area (Å²) in [7, 11) is 1.61. The molecule has 0 aliphatic heterocycles. The molecule has 5 heteroatoms. The van der Waals surface area contributed by atoms with Gasteiger partial charge in [0.1, 0.15) is 5.75 Å². The van der Waals surface area contributed by atoms with Gasteiger partial charge >= 0.3 is 0 Å². The number of ether oxygens (including phenoxy) is 1. The second kappa shape index (κ2) is 8.01. The zero-order valence-electron chi connectivity index (χ0n) is 14.6. The molecule has 3 aromatic rings. The maximum atomic E-state index is 11.2. The number of methoxy groups -OCH3 is 1. The van der Waals surface area contributed by atoms with E-state index in [0.29, 0.717) is 12.3 Å². The topological polar surface area (TPSA) is 81.8 Å². The lowest BCUT2D eigenvalue weighted by atomic mass is 9.96. The van der Waals surface area contributed by atoms with Crippen molar-refractivity contribution >= 4 is 5.69 Å². The van der Waals surface area contributed by atoms with Crippen LogP contribution in [-0.2, 0) is 13.0 Å². The van der Waals surface area contributed by atoms with E-state index in [0.717, 1.165) is 28.7 Å². The molecule has 0 saturated heterocycles. The third kappa shape index (κ3) is 3.86. The van der Waals surface area contributed by atoms with E-state index in [1.807, 2.05) is 42.5 Å². The highest BCUT2D eigenvalue weighted by Crippen LogP contribution is 2.33. The highest BCUT2D eigenvalue weighted by molar-refractivity contribution is 5.74. The Kier molecular flexibility index (Phi) is 5.53. The predicted octanol–water partition coefficient (Wildman–Crippen LogP) is 4.11. The zero-order chi connectivity index (χ0) is 18.5. The first-order valence-electron chi connectivity index (χ1n) is 8.32. The summed E-state index contributed by atoms with van der Waals surface area (Å²) in [5.41, 5.74) is 11.1. The maximum absolute atomic E-state index is 11.2. The van der Waals surface area contributed by atoms with Gasteiger partial charge in [-0.05, 0) is 52.9 Å². The van der Waals surface area contributed by atoms with Crippen LogP contribution in [0.3, 0.4) is 0 Å². The lowest BCUT2D eigenvalue weighted by molar-refractivity contribution is 0.296. The van der Waals surface area contributed by atoms with E-state index < -0.39 is 0 Å². The summed E-state index contributed by atoms with van der Waals surface area (Å²) in [5.74, 6) is 0.702. The Morgan fingerprint density at radius 1 is 1.00 bits per heavy atom. The van der Waals surface area contributed by atoms with Crippen LogP contribution < -0.4 is 15.7 Å². The fourth-order valence-electron chi connectivity index (χ4n) is 3.03. The minimum absolute atomic E-state index is 0.142. The van der Waals surface area contributed by atoms with Gasteiger partial charge in [0.15, 0.2) is 0 Å². The van der Waals surface area contributed by atoms with Crippen LogP contribution in [0.1, 0.15) is 16.7 Å². The highest BCUT2D eigenvalue weighted by Gasteiger charge is 2.10. The number of hydrogen-bond acceptors (Lipinski definition) is 5. The van der Waals surface area contributed by atoms with Crippen molar-refractivity contribution in [2.24, 2.45) is 5.73 Å². The molecule has 3 N–H and O–H groups in total. The molecule has 134 valence electrons. The number of nitrogens with zero attached hydrogens (tertiary/aromatic N) is 1. The zero-order valence-corrected chi connectivity index (χ0v) is 14.6. The highest BCUT2D eigenvalue weighted by atomic mass is 16.8. The van der Waals surface area contributed by atoms with Crippen molar-refractivity contribution in [1.29, 1.82) is 0 Å².